The van der Waals surface area contributed by atoms with Gasteiger partial charge in [-0.2, -0.15) is 4.99 Å². The van der Waals surface area contributed by atoms with Crippen molar-refractivity contribution in [3.8, 4) is 5.75 Å². The van der Waals surface area contributed by atoms with Gasteiger partial charge in [-0.15, -0.1) is 11.3 Å². The summed E-state index contributed by atoms with van der Waals surface area (Å²) in [6, 6.07) is 7.31. The zero-order valence-electron chi connectivity index (χ0n) is 12.9. The molecule has 1 fully saturated rings. The number of carbonyl (C=O) groups excluding carboxylic acids is 2. The van der Waals surface area contributed by atoms with E-state index in [1.807, 2.05) is 36.8 Å². The number of hydrogen-bond donors (Lipinski definition) is 0. The Hall–Kier alpha value is -2.41. The van der Waals surface area contributed by atoms with Gasteiger partial charge in [-0.05, 0) is 12.1 Å². The maximum atomic E-state index is 12.4. The molecule has 0 N–H and O–H groups in total. The minimum absolute atomic E-state index is 0.0846. The van der Waals surface area contributed by atoms with Crippen molar-refractivity contribution in [2.24, 2.45) is 18.0 Å². The lowest BCUT2D eigenvalue weighted by atomic mass is 10.1. The Balaban J connectivity index is 1.83. The van der Waals surface area contributed by atoms with Gasteiger partial charge < -0.3 is 14.2 Å². The molecule has 0 bridgehead atoms. The van der Waals surface area contributed by atoms with Crippen molar-refractivity contribution in [1.29, 1.82) is 0 Å². The van der Waals surface area contributed by atoms with Gasteiger partial charge >= 0.3 is 0 Å². The molecule has 1 saturated heterocycles. The zero-order valence-corrected chi connectivity index (χ0v) is 13.7. The molecule has 2 heterocycles. The molecule has 1 aromatic carbocycles. The first kappa shape index (κ1) is 15.5. The van der Waals surface area contributed by atoms with Crippen molar-refractivity contribution in [2.45, 2.75) is 6.42 Å². The summed E-state index contributed by atoms with van der Waals surface area (Å²) in [6.45, 7) is 0.330. The van der Waals surface area contributed by atoms with Crippen molar-refractivity contribution in [3.05, 3.63) is 40.6 Å². The fourth-order valence-electron chi connectivity index (χ4n) is 2.58. The van der Waals surface area contributed by atoms with Crippen molar-refractivity contribution < 1.29 is 14.3 Å². The van der Waals surface area contributed by atoms with Gasteiger partial charge in [0.1, 0.15) is 5.75 Å². The van der Waals surface area contributed by atoms with Crippen LogP contribution in [-0.4, -0.2) is 30.0 Å². The number of methoxy groups -OCH3 is 1. The van der Waals surface area contributed by atoms with Crippen LogP contribution < -0.4 is 14.4 Å². The second kappa shape index (κ2) is 6.37. The van der Waals surface area contributed by atoms with E-state index in [0.29, 0.717) is 22.8 Å². The molecule has 2 amide bonds. The zero-order chi connectivity index (χ0) is 16.4. The number of ether oxygens (including phenoxy) is 1. The number of carbonyl (C=O) groups is 2. The van der Waals surface area contributed by atoms with Crippen molar-refractivity contribution in [3.63, 3.8) is 0 Å². The number of thiazole rings is 1. The predicted octanol–water partition coefficient (Wildman–Crippen LogP) is 1.58. The Morgan fingerprint density at radius 3 is 2.87 bits per heavy atom. The first-order chi connectivity index (χ1) is 11.1. The Kier molecular flexibility index (Phi) is 4.29. The summed E-state index contributed by atoms with van der Waals surface area (Å²) >= 11 is 1.40. The van der Waals surface area contributed by atoms with Gasteiger partial charge in [-0.3, -0.25) is 9.59 Å². The Morgan fingerprint density at radius 1 is 1.39 bits per heavy atom. The van der Waals surface area contributed by atoms with Crippen LogP contribution in [0.3, 0.4) is 0 Å². The van der Waals surface area contributed by atoms with Gasteiger partial charge in [0.25, 0.3) is 5.91 Å². The Labute approximate surface area is 137 Å². The lowest BCUT2D eigenvalue weighted by molar-refractivity contribution is -0.123. The molecule has 1 aromatic heterocycles. The number of hydrogen-bond acceptors (Lipinski definition) is 4. The minimum Gasteiger partial charge on any atom is -0.495 e. The van der Waals surface area contributed by atoms with Crippen molar-refractivity contribution in [2.75, 3.05) is 18.6 Å². The van der Waals surface area contributed by atoms with Crippen LogP contribution in [0.2, 0.25) is 0 Å². The van der Waals surface area contributed by atoms with E-state index in [-0.39, 0.29) is 18.2 Å². The van der Waals surface area contributed by atoms with E-state index >= 15 is 0 Å². The molecule has 0 saturated carbocycles. The molecule has 2 aromatic rings. The molecule has 7 heteroatoms. The second-order valence-electron chi connectivity index (χ2n) is 5.32. The van der Waals surface area contributed by atoms with Crippen molar-refractivity contribution >= 4 is 28.8 Å². The van der Waals surface area contributed by atoms with Crippen LogP contribution in [0.25, 0.3) is 0 Å². The largest absolute Gasteiger partial charge is 0.495 e. The molecule has 120 valence electrons. The summed E-state index contributed by atoms with van der Waals surface area (Å²) in [5.41, 5.74) is 0.692. The summed E-state index contributed by atoms with van der Waals surface area (Å²) in [7, 11) is 3.40. The van der Waals surface area contributed by atoms with E-state index in [9.17, 15) is 9.59 Å². The first-order valence-corrected chi connectivity index (χ1v) is 8.10. The van der Waals surface area contributed by atoms with E-state index in [1.54, 1.807) is 22.6 Å². The molecule has 1 aliphatic heterocycles. The molecule has 0 spiro atoms. The Bertz CT molecular complexity index is 809. The van der Waals surface area contributed by atoms with Gasteiger partial charge in [0.2, 0.25) is 5.91 Å². The molecule has 3 rings (SSSR count). The number of aryl methyl sites for hydroxylation is 1. The molecular formula is C16H17N3O3S. The molecule has 1 atom stereocenters. The van der Waals surface area contributed by atoms with Crippen molar-refractivity contribution in [1.82, 2.24) is 4.57 Å². The number of aromatic nitrogens is 1. The third-order valence-corrected chi connectivity index (χ3v) is 4.66. The van der Waals surface area contributed by atoms with Crippen LogP contribution in [0, 0.1) is 5.92 Å². The van der Waals surface area contributed by atoms with E-state index in [0.717, 1.165) is 0 Å². The number of para-hydroxylation sites is 2. The van der Waals surface area contributed by atoms with Crippen LogP contribution in [0.15, 0.2) is 40.8 Å². The van der Waals surface area contributed by atoms with E-state index in [1.165, 1.54) is 11.3 Å². The highest BCUT2D eigenvalue weighted by atomic mass is 32.1. The lowest BCUT2D eigenvalue weighted by Gasteiger charge is -2.18. The topological polar surface area (TPSA) is 63.9 Å². The number of nitrogens with zero attached hydrogens (tertiary/aromatic N) is 3. The van der Waals surface area contributed by atoms with Crippen LogP contribution in [0.5, 0.6) is 5.75 Å². The summed E-state index contributed by atoms with van der Waals surface area (Å²) in [4.78, 5) is 31.0. The quantitative estimate of drug-likeness (QED) is 0.858. The van der Waals surface area contributed by atoms with Gasteiger partial charge in [0.05, 0.1) is 18.7 Å². The average Bonchev–Trinajstić information content (AvgIpc) is 3.13. The molecule has 0 radical (unpaired) electrons. The Morgan fingerprint density at radius 2 is 2.17 bits per heavy atom. The normalized spacial score (nSPS) is 18.5. The second-order valence-corrected chi connectivity index (χ2v) is 6.20. The monoisotopic (exact) mass is 331 g/mol. The highest BCUT2D eigenvalue weighted by Gasteiger charge is 2.36. The van der Waals surface area contributed by atoms with Crippen LogP contribution >= 0.6 is 11.3 Å². The highest BCUT2D eigenvalue weighted by molar-refractivity contribution is 7.07. The standard InChI is InChI=1S/C16H17N3O3S/c1-18-7-8-23-16(18)17-15(21)11-9-14(20)19(10-11)12-5-3-4-6-13(12)22-2/h3-8,11H,9-10H2,1-2H3. The van der Waals surface area contributed by atoms with E-state index in [2.05, 4.69) is 4.99 Å². The van der Waals surface area contributed by atoms with Crippen LogP contribution in [-0.2, 0) is 16.6 Å². The molecule has 1 unspecified atom stereocenters. The fourth-order valence-corrected chi connectivity index (χ4v) is 3.31. The van der Waals surface area contributed by atoms with Gasteiger partial charge in [0.15, 0.2) is 4.80 Å². The fraction of sp³-hybridized carbons (Fsp3) is 0.312. The molecule has 1 aliphatic rings. The SMILES string of the molecule is COc1ccccc1N1CC(C(=O)N=c2sccn2C)CC1=O. The molecule has 6 nitrogen and oxygen atoms in total. The molecule has 0 aliphatic carbocycles. The van der Waals surface area contributed by atoms with Crippen LogP contribution in [0.4, 0.5) is 5.69 Å². The minimum atomic E-state index is -0.422. The number of benzene rings is 1. The molecule has 23 heavy (non-hydrogen) atoms. The molecular weight excluding hydrogens is 314 g/mol. The third-order valence-electron chi connectivity index (χ3n) is 3.82. The maximum Gasteiger partial charge on any atom is 0.253 e. The predicted molar refractivity (Wildman–Crippen MR) is 87.3 cm³/mol. The number of amides is 2. The number of rotatable bonds is 3. The van der Waals surface area contributed by atoms with E-state index < -0.39 is 5.92 Å². The number of anilines is 1. The summed E-state index contributed by atoms with van der Waals surface area (Å²) < 4.78 is 7.09. The summed E-state index contributed by atoms with van der Waals surface area (Å²) in [5.74, 6) is -0.141. The smallest absolute Gasteiger partial charge is 0.253 e. The maximum absolute atomic E-state index is 12.4. The van der Waals surface area contributed by atoms with Gasteiger partial charge in [0, 0.05) is 31.6 Å². The van der Waals surface area contributed by atoms with E-state index in [4.69, 9.17) is 4.74 Å². The summed E-state index contributed by atoms with van der Waals surface area (Å²) in [5, 5.41) is 1.87. The van der Waals surface area contributed by atoms with Gasteiger partial charge in [-0.25, -0.2) is 0 Å². The summed E-state index contributed by atoms with van der Waals surface area (Å²) in [6.07, 6.45) is 2.02. The average molecular weight is 331 g/mol. The van der Waals surface area contributed by atoms with Gasteiger partial charge in [-0.1, -0.05) is 12.1 Å². The highest BCUT2D eigenvalue weighted by Crippen LogP contribution is 2.32. The first-order valence-electron chi connectivity index (χ1n) is 7.22. The third kappa shape index (κ3) is 3.05. The lowest BCUT2D eigenvalue weighted by Crippen LogP contribution is -2.26. The van der Waals surface area contributed by atoms with Crippen LogP contribution in [0.1, 0.15) is 6.42 Å².